The number of rotatable bonds is 10. The molecular weight excluding hydrogens is 378 g/mol. The van der Waals surface area contributed by atoms with E-state index < -0.39 is 11.6 Å². The molecule has 0 spiro atoms. The van der Waals surface area contributed by atoms with Crippen LogP contribution in [0.15, 0.2) is 24.3 Å². The Hall–Kier alpha value is -1.84. The summed E-state index contributed by atoms with van der Waals surface area (Å²) in [6.07, 6.45) is 14.8. The van der Waals surface area contributed by atoms with Gasteiger partial charge >= 0.3 is 0 Å². The van der Waals surface area contributed by atoms with Crippen molar-refractivity contribution in [2.24, 2.45) is 11.8 Å². The highest BCUT2D eigenvalue weighted by Gasteiger charge is 2.21. The predicted octanol–water partition coefficient (Wildman–Crippen LogP) is 7.69. The van der Waals surface area contributed by atoms with Crippen LogP contribution in [-0.2, 0) is 12.8 Å². The zero-order chi connectivity index (χ0) is 21.3. The minimum absolute atomic E-state index is 0.181. The first-order chi connectivity index (χ1) is 14.6. The second-order valence-electron chi connectivity index (χ2n) is 8.94. The molecule has 4 heteroatoms. The van der Waals surface area contributed by atoms with Gasteiger partial charge in [0.05, 0.1) is 11.4 Å². The van der Waals surface area contributed by atoms with Crippen LogP contribution >= 0.6 is 0 Å². The molecule has 0 radical (unpaired) electrons. The van der Waals surface area contributed by atoms with Crippen molar-refractivity contribution in [3.63, 3.8) is 0 Å². The number of hydrogen-bond acceptors (Lipinski definition) is 2. The Morgan fingerprint density at radius 2 is 1.53 bits per heavy atom. The van der Waals surface area contributed by atoms with Crippen molar-refractivity contribution in [3.05, 3.63) is 47.2 Å². The van der Waals surface area contributed by atoms with Gasteiger partial charge in [-0.05, 0) is 54.9 Å². The molecular formula is C26H36F2N2. The molecule has 0 bridgehead atoms. The third-order valence-corrected chi connectivity index (χ3v) is 6.78. The molecule has 1 saturated carbocycles. The summed E-state index contributed by atoms with van der Waals surface area (Å²) in [5.41, 5.74) is 1.89. The highest BCUT2D eigenvalue weighted by atomic mass is 19.2. The van der Waals surface area contributed by atoms with E-state index in [1.165, 1.54) is 57.8 Å². The molecule has 30 heavy (non-hydrogen) atoms. The number of nitrogens with zero attached hydrogens (tertiary/aromatic N) is 2. The van der Waals surface area contributed by atoms with Crippen LogP contribution in [0.2, 0.25) is 0 Å². The fourth-order valence-electron chi connectivity index (χ4n) is 4.72. The summed E-state index contributed by atoms with van der Waals surface area (Å²) in [5.74, 6) is 0.114. The van der Waals surface area contributed by atoms with Gasteiger partial charge in [-0.15, -0.1) is 0 Å². The number of aromatic nitrogens is 2. The van der Waals surface area contributed by atoms with Crippen molar-refractivity contribution >= 4 is 0 Å². The Morgan fingerprint density at radius 1 is 0.800 bits per heavy atom. The summed E-state index contributed by atoms with van der Waals surface area (Å²) < 4.78 is 28.4. The Morgan fingerprint density at radius 3 is 2.17 bits per heavy atom. The topological polar surface area (TPSA) is 25.8 Å². The van der Waals surface area contributed by atoms with Gasteiger partial charge in [-0.1, -0.05) is 77.7 Å². The molecule has 0 aliphatic heterocycles. The van der Waals surface area contributed by atoms with Crippen molar-refractivity contribution in [1.82, 2.24) is 10.2 Å². The Balaban J connectivity index is 1.46. The maximum Gasteiger partial charge on any atom is 0.168 e. The molecule has 1 fully saturated rings. The lowest BCUT2D eigenvalue weighted by molar-refractivity contribution is 0.248. The number of hydrogen-bond donors (Lipinski definition) is 0. The van der Waals surface area contributed by atoms with Crippen molar-refractivity contribution < 1.29 is 8.78 Å². The lowest BCUT2D eigenvalue weighted by Crippen LogP contribution is -2.15. The van der Waals surface area contributed by atoms with Crippen molar-refractivity contribution in [2.75, 3.05) is 0 Å². The van der Waals surface area contributed by atoms with Gasteiger partial charge in [0.25, 0.3) is 0 Å². The van der Waals surface area contributed by atoms with E-state index in [-0.39, 0.29) is 5.56 Å². The van der Waals surface area contributed by atoms with Crippen molar-refractivity contribution in [3.8, 4) is 11.3 Å². The van der Waals surface area contributed by atoms with Crippen LogP contribution in [0.4, 0.5) is 8.78 Å². The molecule has 1 aliphatic rings. The highest BCUT2D eigenvalue weighted by Crippen LogP contribution is 2.34. The summed E-state index contributed by atoms with van der Waals surface area (Å²) in [6, 6.07) is 6.90. The van der Waals surface area contributed by atoms with E-state index in [9.17, 15) is 8.78 Å². The normalized spacial score (nSPS) is 19.2. The SMILES string of the molecule is CCCCCCC1CCC(CCc2ccc(-c3ccc(CC)c(F)c3F)nn2)CC1. The zero-order valence-corrected chi connectivity index (χ0v) is 18.6. The van der Waals surface area contributed by atoms with E-state index in [1.54, 1.807) is 18.2 Å². The molecule has 1 heterocycles. The third-order valence-electron chi connectivity index (χ3n) is 6.78. The maximum absolute atomic E-state index is 14.3. The van der Waals surface area contributed by atoms with Gasteiger partial charge < -0.3 is 0 Å². The monoisotopic (exact) mass is 414 g/mol. The van der Waals surface area contributed by atoms with Crippen LogP contribution in [0.1, 0.15) is 89.3 Å². The largest absolute Gasteiger partial charge is 0.203 e. The summed E-state index contributed by atoms with van der Waals surface area (Å²) >= 11 is 0. The quantitative estimate of drug-likeness (QED) is 0.372. The summed E-state index contributed by atoms with van der Waals surface area (Å²) in [4.78, 5) is 0. The van der Waals surface area contributed by atoms with E-state index in [2.05, 4.69) is 17.1 Å². The van der Waals surface area contributed by atoms with E-state index in [0.29, 0.717) is 17.7 Å². The molecule has 0 saturated heterocycles. The Bertz CT molecular complexity index is 780. The molecule has 1 aromatic carbocycles. The average molecular weight is 415 g/mol. The summed E-state index contributed by atoms with van der Waals surface area (Å²) in [7, 11) is 0. The lowest BCUT2D eigenvalue weighted by atomic mass is 9.78. The second-order valence-corrected chi connectivity index (χ2v) is 8.94. The zero-order valence-electron chi connectivity index (χ0n) is 18.6. The number of halogens is 2. The Labute approximate surface area is 180 Å². The molecule has 0 atom stereocenters. The minimum atomic E-state index is -0.831. The molecule has 1 aliphatic carbocycles. The van der Waals surface area contributed by atoms with Gasteiger partial charge in [0, 0.05) is 5.56 Å². The van der Waals surface area contributed by atoms with Gasteiger partial charge in [-0.25, -0.2) is 8.78 Å². The van der Waals surface area contributed by atoms with Crippen LogP contribution < -0.4 is 0 Å². The molecule has 1 aromatic heterocycles. The number of unbranched alkanes of at least 4 members (excludes halogenated alkanes) is 3. The van der Waals surface area contributed by atoms with Gasteiger partial charge in [-0.3, -0.25) is 0 Å². The molecule has 2 aromatic rings. The molecule has 0 N–H and O–H groups in total. The second kappa shape index (κ2) is 11.5. The standard InChI is InChI=1S/C26H36F2N2/c1-3-5-6-7-8-19-9-11-20(12-10-19)13-15-22-16-18-24(30-29-22)23-17-14-21(4-2)25(27)26(23)28/h14,16-20H,3-13,15H2,1-2H3. The first-order valence-electron chi connectivity index (χ1n) is 11.9. The van der Waals surface area contributed by atoms with Gasteiger partial charge in [-0.2, -0.15) is 10.2 Å². The summed E-state index contributed by atoms with van der Waals surface area (Å²) in [5, 5.41) is 8.46. The minimum Gasteiger partial charge on any atom is -0.203 e. The lowest BCUT2D eigenvalue weighted by Gasteiger charge is -2.28. The fraction of sp³-hybridized carbons (Fsp3) is 0.615. The smallest absolute Gasteiger partial charge is 0.168 e. The predicted molar refractivity (Wildman–Crippen MR) is 119 cm³/mol. The van der Waals surface area contributed by atoms with Crippen molar-refractivity contribution in [1.29, 1.82) is 0 Å². The van der Waals surface area contributed by atoms with Crippen molar-refractivity contribution in [2.45, 2.75) is 90.9 Å². The van der Waals surface area contributed by atoms with E-state index >= 15 is 0 Å². The number of benzene rings is 1. The van der Waals surface area contributed by atoms with Crippen LogP contribution in [0.5, 0.6) is 0 Å². The van der Waals surface area contributed by atoms with Gasteiger partial charge in [0.2, 0.25) is 0 Å². The average Bonchev–Trinajstić information content (AvgIpc) is 2.78. The van der Waals surface area contributed by atoms with E-state index in [0.717, 1.165) is 30.4 Å². The first-order valence-corrected chi connectivity index (χ1v) is 11.9. The molecule has 0 amide bonds. The van der Waals surface area contributed by atoms with Gasteiger partial charge in [0.15, 0.2) is 11.6 Å². The molecule has 0 unspecified atom stereocenters. The molecule has 3 rings (SSSR count). The number of aryl methyl sites for hydroxylation is 2. The first kappa shape index (κ1) is 22.8. The highest BCUT2D eigenvalue weighted by molar-refractivity contribution is 5.60. The molecule has 164 valence electrons. The summed E-state index contributed by atoms with van der Waals surface area (Å²) in [6.45, 7) is 4.08. The molecule has 2 nitrogen and oxygen atoms in total. The van der Waals surface area contributed by atoms with Gasteiger partial charge in [0.1, 0.15) is 0 Å². The fourth-order valence-corrected chi connectivity index (χ4v) is 4.72. The van der Waals surface area contributed by atoms with Crippen LogP contribution in [-0.4, -0.2) is 10.2 Å². The van der Waals surface area contributed by atoms with Crippen LogP contribution in [0, 0.1) is 23.5 Å². The van der Waals surface area contributed by atoms with Crippen LogP contribution in [0.25, 0.3) is 11.3 Å². The Kier molecular flexibility index (Phi) is 8.77. The van der Waals surface area contributed by atoms with E-state index in [1.807, 2.05) is 13.0 Å². The maximum atomic E-state index is 14.3. The van der Waals surface area contributed by atoms with E-state index in [4.69, 9.17) is 0 Å². The third kappa shape index (κ3) is 6.09. The van der Waals surface area contributed by atoms with Crippen LogP contribution in [0.3, 0.4) is 0 Å².